The van der Waals surface area contributed by atoms with E-state index in [1.54, 1.807) is 42.5 Å². The Morgan fingerprint density at radius 3 is 2.18 bits per heavy atom. The molecule has 112 valence electrons. The molecule has 1 aliphatic carbocycles. The van der Waals surface area contributed by atoms with Gasteiger partial charge in [0.05, 0.1) is 12.2 Å². The number of fused-ring (bicyclic) bond motifs is 2. The molecule has 0 N–H and O–H groups in total. The van der Waals surface area contributed by atoms with Crippen LogP contribution in [0.4, 0.5) is 0 Å². The minimum atomic E-state index is -0.134. The molecule has 0 saturated carbocycles. The quantitative estimate of drug-likeness (QED) is 0.733. The van der Waals surface area contributed by atoms with Crippen LogP contribution in [0.2, 0.25) is 0 Å². The van der Waals surface area contributed by atoms with Crippen molar-refractivity contribution >= 4 is 11.6 Å². The van der Waals surface area contributed by atoms with Crippen molar-refractivity contribution in [2.24, 2.45) is 5.92 Å². The second kappa shape index (κ2) is 5.76. The molecule has 0 fully saturated rings. The monoisotopic (exact) mass is 294 g/mol. The van der Waals surface area contributed by atoms with Gasteiger partial charge in [-0.3, -0.25) is 9.59 Å². The van der Waals surface area contributed by atoms with E-state index in [0.29, 0.717) is 40.5 Å². The Labute approximate surface area is 129 Å². The van der Waals surface area contributed by atoms with Crippen LogP contribution in [0.5, 0.6) is 5.75 Å². The molecule has 1 aliphatic rings. The predicted molar refractivity (Wildman–Crippen MR) is 84.7 cm³/mol. The molecule has 3 nitrogen and oxygen atoms in total. The maximum Gasteiger partial charge on any atom is 0.198 e. The third-order valence-corrected chi connectivity index (χ3v) is 3.87. The zero-order valence-corrected chi connectivity index (χ0v) is 12.8. The van der Waals surface area contributed by atoms with E-state index in [9.17, 15) is 9.59 Å². The van der Waals surface area contributed by atoms with Gasteiger partial charge in [0, 0.05) is 16.7 Å². The molecule has 3 heteroatoms. The number of ether oxygens (including phenoxy) is 1. The van der Waals surface area contributed by atoms with Crippen molar-refractivity contribution in [3.8, 4) is 5.75 Å². The summed E-state index contributed by atoms with van der Waals surface area (Å²) in [6.07, 6.45) is 0.905. The van der Waals surface area contributed by atoms with Gasteiger partial charge in [-0.15, -0.1) is 0 Å². The number of carbonyl (C=O) groups is 2. The standard InChI is InChI=1S/C19H18O3/c1-12(2)10-11-22-16-9-5-8-15-17(16)19(21)14-7-4-3-6-13(14)18(15)20/h3-9,12H,10-11H2,1-2H3. The molecular weight excluding hydrogens is 276 g/mol. The molecule has 0 bridgehead atoms. The maximum atomic E-state index is 12.7. The molecule has 2 aromatic carbocycles. The summed E-state index contributed by atoms with van der Waals surface area (Å²) in [7, 11) is 0. The number of benzene rings is 2. The fourth-order valence-corrected chi connectivity index (χ4v) is 2.64. The summed E-state index contributed by atoms with van der Waals surface area (Å²) in [6, 6.07) is 12.2. The first kappa shape index (κ1) is 14.5. The molecule has 0 amide bonds. The summed E-state index contributed by atoms with van der Waals surface area (Å²) in [6.45, 7) is 4.78. The molecule has 0 heterocycles. The van der Waals surface area contributed by atoms with Crippen molar-refractivity contribution < 1.29 is 14.3 Å². The van der Waals surface area contributed by atoms with Crippen LogP contribution in [0.1, 0.15) is 52.1 Å². The average Bonchev–Trinajstić information content (AvgIpc) is 2.52. The number of hydrogen-bond donors (Lipinski definition) is 0. The lowest BCUT2D eigenvalue weighted by atomic mass is 9.83. The molecule has 0 unspecified atom stereocenters. The van der Waals surface area contributed by atoms with Crippen molar-refractivity contribution in [1.29, 1.82) is 0 Å². The largest absolute Gasteiger partial charge is 0.493 e. The highest BCUT2D eigenvalue weighted by Gasteiger charge is 2.31. The molecule has 0 atom stereocenters. The second-order valence-electron chi connectivity index (χ2n) is 5.91. The zero-order chi connectivity index (χ0) is 15.7. The van der Waals surface area contributed by atoms with E-state index in [2.05, 4.69) is 13.8 Å². The van der Waals surface area contributed by atoms with E-state index in [1.165, 1.54) is 0 Å². The Morgan fingerprint density at radius 2 is 1.50 bits per heavy atom. The first-order chi connectivity index (χ1) is 10.6. The lowest BCUT2D eigenvalue weighted by Crippen LogP contribution is -2.22. The molecule has 2 aromatic rings. The summed E-state index contributed by atoms with van der Waals surface area (Å²) in [4.78, 5) is 25.3. The summed E-state index contributed by atoms with van der Waals surface area (Å²) < 4.78 is 5.78. The van der Waals surface area contributed by atoms with E-state index in [0.717, 1.165) is 6.42 Å². The third kappa shape index (κ3) is 2.43. The van der Waals surface area contributed by atoms with Crippen molar-refractivity contribution in [3.63, 3.8) is 0 Å². The number of hydrogen-bond acceptors (Lipinski definition) is 3. The third-order valence-electron chi connectivity index (χ3n) is 3.87. The van der Waals surface area contributed by atoms with Crippen molar-refractivity contribution in [2.75, 3.05) is 6.61 Å². The first-order valence-corrected chi connectivity index (χ1v) is 7.54. The Bertz CT molecular complexity index is 744. The van der Waals surface area contributed by atoms with Crippen LogP contribution >= 0.6 is 0 Å². The summed E-state index contributed by atoms with van der Waals surface area (Å²) in [5.74, 6) is 0.786. The lowest BCUT2D eigenvalue weighted by molar-refractivity contribution is 0.0975. The first-order valence-electron chi connectivity index (χ1n) is 7.54. The van der Waals surface area contributed by atoms with E-state index in [4.69, 9.17) is 4.74 Å². The molecule has 0 radical (unpaired) electrons. The van der Waals surface area contributed by atoms with Gasteiger partial charge in [0.15, 0.2) is 11.6 Å². The Kier molecular flexibility index (Phi) is 3.80. The SMILES string of the molecule is CC(C)CCOc1cccc2c1C(=O)c1ccccc1C2=O. The van der Waals surface area contributed by atoms with E-state index in [1.807, 2.05) is 0 Å². The Morgan fingerprint density at radius 1 is 0.864 bits per heavy atom. The topological polar surface area (TPSA) is 43.4 Å². The highest BCUT2D eigenvalue weighted by Crippen LogP contribution is 2.33. The smallest absolute Gasteiger partial charge is 0.198 e. The minimum Gasteiger partial charge on any atom is -0.493 e. The van der Waals surface area contributed by atoms with Gasteiger partial charge in [-0.2, -0.15) is 0 Å². The van der Waals surface area contributed by atoms with Crippen LogP contribution in [0.15, 0.2) is 42.5 Å². The molecule has 0 saturated heterocycles. The van der Waals surface area contributed by atoms with Gasteiger partial charge in [0.1, 0.15) is 5.75 Å². The predicted octanol–water partition coefficient (Wildman–Crippen LogP) is 3.89. The highest BCUT2D eigenvalue weighted by molar-refractivity contribution is 6.29. The van der Waals surface area contributed by atoms with E-state index < -0.39 is 0 Å². The summed E-state index contributed by atoms with van der Waals surface area (Å²) in [5, 5.41) is 0. The average molecular weight is 294 g/mol. The Balaban J connectivity index is 2.01. The molecule has 22 heavy (non-hydrogen) atoms. The maximum absolute atomic E-state index is 12.7. The number of rotatable bonds is 4. The van der Waals surface area contributed by atoms with Gasteiger partial charge in [-0.1, -0.05) is 50.2 Å². The van der Waals surface area contributed by atoms with Crippen LogP contribution in [0.3, 0.4) is 0 Å². The summed E-state index contributed by atoms with van der Waals surface area (Å²) in [5.41, 5.74) is 1.76. The number of ketones is 2. The Hall–Kier alpha value is -2.42. The van der Waals surface area contributed by atoms with Gasteiger partial charge >= 0.3 is 0 Å². The van der Waals surface area contributed by atoms with E-state index >= 15 is 0 Å². The molecule has 0 aromatic heterocycles. The second-order valence-corrected chi connectivity index (χ2v) is 5.91. The molecule has 0 spiro atoms. The van der Waals surface area contributed by atoms with Gasteiger partial charge in [0.2, 0.25) is 0 Å². The number of carbonyl (C=O) groups excluding carboxylic acids is 2. The normalized spacial score (nSPS) is 13.0. The van der Waals surface area contributed by atoms with Gasteiger partial charge in [-0.05, 0) is 18.4 Å². The zero-order valence-electron chi connectivity index (χ0n) is 12.8. The van der Waals surface area contributed by atoms with Gasteiger partial charge in [0.25, 0.3) is 0 Å². The summed E-state index contributed by atoms with van der Waals surface area (Å²) >= 11 is 0. The van der Waals surface area contributed by atoms with Crippen molar-refractivity contribution in [3.05, 3.63) is 64.7 Å². The van der Waals surface area contributed by atoms with Crippen molar-refractivity contribution in [1.82, 2.24) is 0 Å². The molecular formula is C19H18O3. The van der Waals surface area contributed by atoms with Gasteiger partial charge < -0.3 is 4.74 Å². The van der Waals surface area contributed by atoms with E-state index in [-0.39, 0.29) is 11.6 Å². The van der Waals surface area contributed by atoms with Crippen LogP contribution in [0.25, 0.3) is 0 Å². The van der Waals surface area contributed by atoms with Crippen LogP contribution in [0, 0.1) is 5.92 Å². The fraction of sp³-hybridized carbons (Fsp3) is 0.263. The minimum absolute atomic E-state index is 0.112. The molecule has 3 rings (SSSR count). The molecule has 0 aliphatic heterocycles. The van der Waals surface area contributed by atoms with Crippen LogP contribution in [-0.2, 0) is 0 Å². The highest BCUT2D eigenvalue weighted by atomic mass is 16.5. The van der Waals surface area contributed by atoms with Gasteiger partial charge in [-0.25, -0.2) is 0 Å². The lowest BCUT2D eigenvalue weighted by Gasteiger charge is -2.20. The van der Waals surface area contributed by atoms with Crippen molar-refractivity contribution in [2.45, 2.75) is 20.3 Å². The van der Waals surface area contributed by atoms with Crippen LogP contribution in [-0.4, -0.2) is 18.2 Å². The van der Waals surface area contributed by atoms with Crippen LogP contribution < -0.4 is 4.74 Å². The fourth-order valence-electron chi connectivity index (χ4n) is 2.64.